The first kappa shape index (κ1) is 13.3. The van der Waals surface area contributed by atoms with Gasteiger partial charge in [0.2, 0.25) is 0 Å². The summed E-state index contributed by atoms with van der Waals surface area (Å²) < 4.78 is 31.3. The van der Waals surface area contributed by atoms with E-state index in [1.54, 1.807) is 11.9 Å². The number of thioether (sulfide) groups is 1. The van der Waals surface area contributed by atoms with Crippen LogP contribution in [0.5, 0.6) is 0 Å². The van der Waals surface area contributed by atoms with E-state index in [2.05, 4.69) is 8.92 Å². The molecule has 1 aliphatic heterocycles. The van der Waals surface area contributed by atoms with E-state index in [1.165, 1.54) is 18.9 Å². The van der Waals surface area contributed by atoms with E-state index in [4.69, 9.17) is 0 Å². The highest BCUT2D eigenvalue weighted by Crippen LogP contribution is 2.32. The van der Waals surface area contributed by atoms with Crippen LogP contribution in [0.1, 0.15) is 0 Å². The second-order valence-electron chi connectivity index (χ2n) is 3.08. The van der Waals surface area contributed by atoms with Gasteiger partial charge in [0, 0.05) is 12.8 Å². The van der Waals surface area contributed by atoms with E-state index < -0.39 is 16.2 Å². The standard InChI is InChI=1S/C8H13NO5S2/c1-9-6(8(10)13-2)4-15-7(9)5-16(11,12)14-3/h5-6H,4H2,1-3H3/b7-5-/t6-/m0/s1. The topological polar surface area (TPSA) is 72.9 Å². The fourth-order valence-electron chi connectivity index (χ4n) is 1.18. The molecule has 0 spiro atoms. The van der Waals surface area contributed by atoms with Crippen LogP contribution in [0, 0.1) is 0 Å². The van der Waals surface area contributed by atoms with Crippen LogP contribution in [-0.4, -0.2) is 52.3 Å². The molecular formula is C8H13NO5S2. The normalized spacial score (nSPS) is 23.8. The van der Waals surface area contributed by atoms with Crippen molar-refractivity contribution in [1.29, 1.82) is 0 Å². The van der Waals surface area contributed by atoms with Gasteiger partial charge in [0.05, 0.1) is 24.7 Å². The molecule has 0 unspecified atom stereocenters. The highest BCUT2D eigenvalue weighted by molar-refractivity contribution is 8.04. The average Bonchev–Trinajstić information content (AvgIpc) is 2.59. The van der Waals surface area contributed by atoms with Gasteiger partial charge in [-0.05, 0) is 0 Å². The van der Waals surface area contributed by atoms with Crippen LogP contribution < -0.4 is 0 Å². The Morgan fingerprint density at radius 2 is 2.19 bits per heavy atom. The molecular weight excluding hydrogens is 254 g/mol. The van der Waals surface area contributed by atoms with E-state index in [9.17, 15) is 13.2 Å². The van der Waals surface area contributed by atoms with Gasteiger partial charge < -0.3 is 9.64 Å². The minimum atomic E-state index is -3.67. The Balaban J connectivity index is 2.86. The number of rotatable bonds is 3. The second-order valence-corrected chi connectivity index (χ2v) is 5.67. The van der Waals surface area contributed by atoms with Gasteiger partial charge in [-0.3, -0.25) is 4.18 Å². The predicted octanol–water partition coefficient (Wildman–Crippen LogP) is -0.0183. The Hall–Kier alpha value is -0.730. The maximum Gasteiger partial charge on any atom is 0.329 e. The molecule has 1 rings (SSSR count). The lowest BCUT2D eigenvalue weighted by molar-refractivity contribution is -0.144. The molecule has 16 heavy (non-hydrogen) atoms. The average molecular weight is 267 g/mol. The van der Waals surface area contributed by atoms with Crippen molar-refractivity contribution in [1.82, 2.24) is 4.90 Å². The maximum absolute atomic E-state index is 11.3. The summed E-state index contributed by atoms with van der Waals surface area (Å²) in [6.45, 7) is 0. The number of hydrogen-bond acceptors (Lipinski definition) is 7. The summed E-state index contributed by atoms with van der Waals surface area (Å²) in [6.07, 6.45) is 0. The molecule has 6 nitrogen and oxygen atoms in total. The van der Waals surface area contributed by atoms with E-state index in [0.29, 0.717) is 10.8 Å². The molecule has 1 fully saturated rings. The first-order chi connectivity index (χ1) is 7.41. The molecule has 1 atom stereocenters. The van der Waals surface area contributed by atoms with Gasteiger partial charge in [0.25, 0.3) is 10.1 Å². The minimum absolute atomic E-state index is 0.381. The van der Waals surface area contributed by atoms with Gasteiger partial charge in [-0.2, -0.15) is 8.42 Å². The van der Waals surface area contributed by atoms with Crippen molar-refractivity contribution in [3.8, 4) is 0 Å². The number of esters is 1. The molecule has 0 aromatic carbocycles. The minimum Gasteiger partial charge on any atom is -0.467 e. The molecule has 0 aromatic rings. The predicted molar refractivity (Wildman–Crippen MR) is 60.0 cm³/mol. The van der Waals surface area contributed by atoms with Crippen LogP contribution in [0.2, 0.25) is 0 Å². The van der Waals surface area contributed by atoms with E-state index in [0.717, 1.165) is 12.5 Å². The number of hydrogen-bond donors (Lipinski definition) is 0. The van der Waals surface area contributed by atoms with Crippen LogP contribution in [0.25, 0.3) is 0 Å². The molecule has 0 aliphatic carbocycles. The Bertz CT molecular complexity index is 403. The zero-order valence-corrected chi connectivity index (χ0v) is 10.8. The summed E-state index contributed by atoms with van der Waals surface area (Å²) in [5.74, 6) is 0.0852. The largest absolute Gasteiger partial charge is 0.467 e. The Kier molecular flexibility index (Phi) is 4.22. The molecule has 0 N–H and O–H groups in total. The summed E-state index contributed by atoms with van der Waals surface area (Å²) >= 11 is 1.27. The Morgan fingerprint density at radius 1 is 1.56 bits per heavy atom. The van der Waals surface area contributed by atoms with Crippen molar-refractivity contribution in [3.05, 3.63) is 10.4 Å². The van der Waals surface area contributed by atoms with Gasteiger partial charge in [0.15, 0.2) is 0 Å². The van der Waals surface area contributed by atoms with Crippen LogP contribution >= 0.6 is 11.8 Å². The monoisotopic (exact) mass is 267 g/mol. The zero-order valence-electron chi connectivity index (χ0n) is 9.17. The van der Waals surface area contributed by atoms with Crippen molar-refractivity contribution in [2.24, 2.45) is 0 Å². The zero-order chi connectivity index (χ0) is 12.3. The fraction of sp³-hybridized carbons (Fsp3) is 0.625. The number of carbonyl (C=O) groups excluding carboxylic acids is 1. The number of ether oxygens (including phenoxy) is 1. The van der Waals surface area contributed by atoms with Crippen molar-refractivity contribution in [2.75, 3.05) is 27.0 Å². The maximum atomic E-state index is 11.3. The Labute approximate surface area is 98.7 Å². The first-order valence-electron chi connectivity index (χ1n) is 4.37. The summed E-state index contributed by atoms with van der Waals surface area (Å²) in [5.41, 5.74) is 0. The molecule has 0 amide bonds. The van der Waals surface area contributed by atoms with Gasteiger partial charge in [0.1, 0.15) is 6.04 Å². The lowest BCUT2D eigenvalue weighted by Crippen LogP contribution is -2.35. The van der Waals surface area contributed by atoms with Crippen molar-refractivity contribution in [2.45, 2.75) is 6.04 Å². The van der Waals surface area contributed by atoms with Crippen molar-refractivity contribution >= 4 is 27.8 Å². The lowest BCUT2D eigenvalue weighted by atomic mass is 10.3. The summed E-state index contributed by atoms with van der Waals surface area (Å²) in [7, 11) is 0.356. The van der Waals surface area contributed by atoms with E-state index >= 15 is 0 Å². The van der Waals surface area contributed by atoms with Crippen molar-refractivity contribution < 1.29 is 22.1 Å². The third-order valence-electron chi connectivity index (χ3n) is 2.15. The molecule has 0 bridgehead atoms. The molecule has 0 radical (unpaired) electrons. The van der Waals surface area contributed by atoms with Gasteiger partial charge >= 0.3 is 5.97 Å². The molecule has 8 heteroatoms. The number of nitrogens with zero attached hydrogens (tertiary/aromatic N) is 1. The van der Waals surface area contributed by atoms with Crippen LogP contribution in [0.15, 0.2) is 10.4 Å². The third kappa shape index (κ3) is 2.89. The molecule has 1 saturated heterocycles. The Morgan fingerprint density at radius 3 is 2.69 bits per heavy atom. The smallest absolute Gasteiger partial charge is 0.329 e. The third-order valence-corrected chi connectivity index (χ3v) is 4.46. The van der Waals surface area contributed by atoms with Crippen LogP contribution in [-0.2, 0) is 23.8 Å². The van der Waals surface area contributed by atoms with Crippen molar-refractivity contribution in [3.63, 3.8) is 0 Å². The van der Waals surface area contributed by atoms with Gasteiger partial charge in [-0.1, -0.05) is 0 Å². The van der Waals surface area contributed by atoms with Gasteiger partial charge in [-0.15, -0.1) is 11.8 Å². The highest BCUT2D eigenvalue weighted by atomic mass is 32.2. The number of methoxy groups -OCH3 is 1. The first-order valence-corrected chi connectivity index (χ1v) is 6.82. The summed E-state index contributed by atoms with van der Waals surface area (Å²) in [6, 6.07) is -0.451. The molecule has 1 aliphatic rings. The molecule has 92 valence electrons. The summed E-state index contributed by atoms with van der Waals surface area (Å²) in [4.78, 5) is 12.9. The van der Waals surface area contributed by atoms with E-state index in [-0.39, 0.29) is 5.97 Å². The van der Waals surface area contributed by atoms with Gasteiger partial charge in [-0.25, -0.2) is 4.79 Å². The lowest BCUT2D eigenvalue weighted by Gasteiger charge is -2.18. The second kappa shape index (κ2) is 5.07. The fourth-order valence-corrected chi connectivity index (χ4v) is 3.34. The van der Waals surface area contributed by atoms with E-state index in [1.807, 2.05) is 0 Å². The quantitative estimate of drug-likeness (QED) is 0.525. The summed E-state index contributed by atoms with van der Waals surface area (Å²) in [5, 5.41) is 1.47. The van der Waals surface area contributed by atoms with Crippen LogP contribution in [0.3, 0.4) is 0 Å². The molecule has 0 saturated carbocycles. The molecule has 1 heterocycles. The number of likely N-dealkylation sites (N-methyl/N-ethyl adjacent to an activating group) is 1. The van der Waals surface area contributed by atoms with Crippen LogP contribution in [0.4, 0.5) is 0 Å². The highest BCUT2D eigenvalue weighted by Gasteiger charge is 2.33. The number of carbonyl (C=O) groups is 1. The SMILES string of the molecule is COC(=O)[C@@H]1CS/C(=C\S(=O)(=O)OC)N1C. The molecule has 0 aromatic heterocycles.